The quantitative estimate of drug-likeness (QED) is 0.825. The van der Waals surface area contributed by atoms with Crippen LogP contribution in [0.3, 0.4) is 0 Å². The molecule has 0 aliphatic heterocycles. The van der Waals surface area contributed by atoms with Crippen LogP contribution < -0.4 is 10.0 Å². The second-order valence-corrected chi connectivity index (χ2v) is 6.27. The summed E-state index contributed by atoms with van der Waals surface area (Å²) in [5, 5.41) is 3.11. The summed E-state index contributed by atoms with van der Waals surface area (Å²) in [4.78, 5) is 4.34. The summed E-state index contributed by atoms with van der Waals surface area (Å²) >= 11 is 0. The zero-order valence-corrected chi connectivity index (χ0v) is 11.3. The van der Waals surface area contributed by atoms with E-state index in [-0.39, 0.29) is 10.9 Å². The Morgan fingerprint density at radius 1 is 1.39 bits per heavy atom. The lowest BCUT2D eigenvalue weighted by molar-refractivity contribution is 0.383. The number of sulfonamides is 1. The molecule has 1 aromatic heterocycles. The normalized spacial score (nSPS) is 16.3. The molecule has 1 fully saturated rings. The fourth-order valence-electron chi connectivity index (χ4n) is 1.71. The molecule has 0 unspecified atom stereocenters. The van der Waals surface area contributed by atoms with Crippen LogP contribution in [0.2, 0.25) is 0 Å². The van der Waals surface area contributed by atoms with E-state index in [9.17, 15) is 8.42 Å². The third kappa shape index (κ3) is 3.20. The maximum Gasteiger partial charge on any atom is 0.242 e. The first-order chi connectivity index (χ1) is 8.62. The van der Waals surface area contributed by atoms with Gasteiger partial charge in [0.05, 0.1) is 0 Å². The fraction of sp³-hybridized carbons (Fsp3) is 0.583. The number of nitrogens with one attached hydrogen (secondary N) is 2. The van der Waals surface area contributed by atoms with E-state index >= 15 is 0 Å². The van der Waals surface area contributed by atoms with Crippen LogP contribution in [-0.4, -0.2) is 26.0 Å². The van der Waals surface area contributed by atoms with Crippen LogP contribution in [0, 0.1) is 0 Å². The van der Waals surface area contributed by atoms with Gasteiger partial charge >= 0.3 is 0 Å². The molecule has 2 N–H and O–H groups in total. The second kappa shape index (κ2) is 5.67. The highest BCUT2D eigenvalue weighted by atomic mass is 32.2. The van der Waals surface area contributed by atoms with E-state index in [4.69, 9.17) is 0 Å². The Bertz CT molecular complexity index is 481. The van der Waals surface area contributed by atoms with Crippen molar-refractivity contribution in [2.75, 3.05) is 11.9 Å². The summed E-state index contributed by atoms with van der Waals surface area (Å²) in [6.07, 6.45) is 5.38. The molecule has 1 heterocycles. The van der Waals surface area contributed by atoms with Crippen molar-refractivity contribution < 1.29 is 8.42 Å². The molecule has 5 nitrogen and oxygen atoms in total. The number of aromatic nitrogens is 1. The van der Waals surface area contributed by atoms with Crippen molar-refractivity contribution in [1.29, 1.82) is 0 Å². The molecule has 100 valence electrons. The Kier molecular flexibility index (Phi) is 4.19. The molecule has 0 saturated heterocycles. The Morgan fingerprint density at radius 3 is 2.67 bits per heavy atom. The van der Waals surface area contributed by atoms with Crippen LogP contribution in [0.15, 0.2) is 23.2 Å². The molecule has 6 heteroatoms. The molecule has 0 radical (unpaired) electrons. The number of pyridine rings is 1. The van der Waals surface area contributed by atoms with Gasteiger partial charge < -0.3 is 5.32 Å². The SMILES string of the molecule is CCCNc1ccc(S(=O)(=O)NC2CCC2)cn1. The summed E-state index contributed by atoms with van der Waals surface area (Å²) in [5.41, 5.74) is 0. The van der Waals surface area contributed by atoms with Gasteiger partial charge in [0.25, 0.3) is 0 Å². The lowest BCUT2D eigenvalue weighted by Gasteiger charge is -2.25. The number of hydrogen-bond donors (Lipinski definition) is 2. The molecule has 1 aromatic rings. The molecule has 0 spiro atoms. The summed E-state index contributed by atoms with van der Waals surface area (Å²) < 4.78 is 26.7. The summed E-state index contributed by atoms with van der Waals surface area (Å²) in [6.45, 7) is 2.90. The average Bonchev–Trinajstić information content (AvgIpc) is 2.32. The van der Waals surface area contributed by atoms with Gasteiger partial charge in [0.15, 0.2) is 0 Å². The van der Waals surface area contributed by atoms with Crippen LogP contribution in [0.4, 0.5) is 5.82 Å². The van der Waals surface area contributed by atoms with Crippen molar-refractivity contribution in [2.45, 2.75) is 43.5 Å². The lowest BCUT2D eigenvalue weighted by Crippen LogP contribution is -2.39. The molecular formula is C12H19N3O2S. The number of anilines is 1. The van der Waals surface area contributed by atoms with E-state index in [1.54, 1.807) is 12.1 Å². The Morgan fingerprint density at radius 2 is 2.17 bits per heavy atom. The molecule has 0 aromatic carbocycles. The Hall–Kier alpha value is -1.14. The molecule has 0 amide bonds. The maximum absolute atomic E-state index is 12.0. The number of rotatable bonds is 6. The van der Waals surface area contributed by atoms with Crippen molar-refractivity contribution in [3.63, 3.8) is 0 Å². The largest absolute Gasteiger partial charge is 0.370 e. The van der Waals surface area contributed by atoms with Gasteiger partial charge in [-0.3, -0.25) is 0 Å². The molecule has 1 aliphatic carbocycles. The van der Waals surface area contributed by atoms with Gasteiger partial charge in [-0.15, -0.1) is 0 Å². The number of hydrogen-bond acceptors (Lipinski definition) is 4. The number of nitrogens with zero attached hydrogens (tertiary/aromatic N) is 1. The summed E-state index contributed by atoms with van der Waals surface area (Å²) in [5.74, 6) is 0.708. The summed E-state index contributed by atoms with van der Waals surface area (Å²) in [7, 11) is -3.40. The van der Waals surface area contributed by atoms with Crippen LogP contribution in [0.25, 0.3) is 0 Å². The molecule has 18 heavy (non-hydrogen) atoms. The monoisotopic (exact) mass is 269 g/mol. The van der Waals surface area contributed by atoms with Crippen LogP contribution >= 0.6 is 0 Å². The second-order valence-electron chi connectivity index (χ2n) is 4.56. The minimum Gasteiger partial charge on any atom is -0.370 e. The van der Waals surface area contributed by atoms with Crippen molar-refractivity contribution >= 4 is 15.8 Å². The minimum absolute atomic E-state index is 0.105. The van der Waals surface area contributed by atoms with E-state index in [1.165, 1.54) is 6.20 Å². The predicted octanol–water partition coefficient (Wildman–Crippen LogP) is 1.73. The van der Waals surface area contributed by atoms with Gasteiger partial charge in [0.1, 0.15) is 10.7 Å². The van der Waals surface area contributed by atoms with Gasteiger partial charge in [-0.25, -0.2) is 18.1 Å². The summed E-state index contributed by atoms with van der Waals surface area (Å²) in [6, 6.07) is 3.39. The minimum atomic E-state index is -3.40. The van der Waals surface area contributed by atoms with Crippen LogP contribution in [0.1, 0.15) is 32.6 Å². The lowest BCUT2D eigenvalue weighted by atomic mass is 9.94. The Labute approximate surface area is 108 Å². The topological polar surface area (TPSA) is 71.1 Å². The molecule has 1 aliphatic rings. The van der Waals surface area contributed by atoms with E-state index in [2.05, 4.69) is 21.9 Å². The van der Waals surface area contributed by atoms with Crippen LogP contribution in [0.5, 0.6) is 0 Å². The van der Waals surface area contributed by atoms with Crippen molar-refractivity contribution in [2.24, 2.45) is 0 Å². The van der Waals surface area contributed by atoms with Crippen molar-refractivity contribution in [3.8, 4) is 0 Å². The van der Waals surface area contributed by atoms with Crippen molar-refractivity contribution in [3.05, 3.63) is 18.3 Å². The molecule has 2 rings (SSSR count). The fourth-order valence-corrected chi connectivity index (χ4v) is 2.96. The highest BCUT2D eigenvalue weighted by Gasteiger charge is 2.24. The highest BCUT2D eigenvalue weighted by molar-refractivity contribution is 7.89. The van der Waals surface area contributed by atoms with Gasteiger partial charge in [-0.2, -0.15) is 0 Å². The van der Waals surface area contributed by atoms with Crippen molar-refractivity contribution in [1.82, 2.24) is 9.71 Å². The van der Waals surface area contributed by atoms with Gasteiger partial charge in [0.2, 0.25) is 10.0 Å². The highest BCUT2D eigenvalue weighted by Crippen LogP contribution is 2.21. The first kappa shape index (κ1) is 13.3. The third-order valence-electron chi connectivity index (χ3n) is 3.03. The molecular weight excluding hydrogens is 250 g/mol. The zero-order valence-electron chi connectivity index (χ0n) is 10.5. The third-order valence-corrected chi connectivity index (χ3v) is 4.54. The molecule has 1 saturated carbocycles. The smallest absolute Gasteiger partial charge is 0.242 e. The molecule has 0 bridgehead atoms. The Balaban J connectivity index is 2.03. The van der Waals surface area contributed by atoms with E-state index in [0.717, 1.165) is 32.2 Å². The first-order valence-corrected chi connectivity index (χ1v) is 7.82. The van der Waals surface area contributed by atoms with Gasteiger partial charge in [-0.1, -0.05) is 13.3 Å². The van der Waals surface area contributed by atoms with E-state index < -0.39 is 10.0 Å². The standard InChI is InChI=1S/C12H19N3O2S/c1-2-8-13-12-7-6-11(9-14-12)18(16,17)15-10-4-3-5-10/h6-7,9-10,15H,2-5,8H2,1H3,(H,13,14). The van der Waals surface area contributed by atoms with E-state index in [0.29, 0.717) is 5.82 Å². The zero-order chi connectivity index (χ0) is 13.0. The molecule has 0 atom stereocenters. The predicted molar refractivity (Wildman–Crippen MR) is 71.0 cm³/mol. The van der Waals surface area contributed by atoms with Gasteiger partial charge in [-0.05, 0) is 31.4 Å². The average molecular weight is 269 g/mol. The van der Waals surface area contributed by atoms with Crippen LogP contribution in [-0.2, 0) is 10.0 Å². The first-order valence-electron chi connectivity index (χ1n) is 6.34. The maximum atomic E-state index is 12.0. The van der Waals surface area contributed by atoms with Gasteiger partial charge in [0, 0.05) is 18.8 Å². The van der Waals surface area contributed by atoms with E-state index in [1.807, 2.05) is 0 Å².